The highest BCUT2D eigenvalue weighted by molar-refractivity contribution is 5.89. The van der Waals surface area contributed by atoms with Gasteiger partial charge >= 0.3 is 6.11 Å². The van der Waals surface area contributed by atoms with Gasteiger partial charge in [-0.2, -0.15) is 8.78 Å². The zero-order valence-corrected chi connectivity index (χ0v) is 15.1. The number of alkyl halides is 2. The van der Waals surface area contributed by atoms with Gasteiger partial charge < -0.3 is 18.4 Å². The molecule has 2 aromatic carbocycles. The van der Waals surface area contributed by atoms with Crippen molar-refractivity contribution in [3.05, 3.63) is 60.3 Å². The van der Waals surface area contributed by atoms with Crippen molar-refractivity contribution in [3.8, 4) is 22.8 Å². The van der Waals surface area contributed by atoms with E-state index in [9.17, 15) is 8.78 Å². The fourth-order valence-electron chi connectivity index (χ4n) is 2.84. The van der Waals surface area contributed by atoms with Gasteiger partial charge in [0.25, 0.3) is 5.88 Å². The smallest absolute Gasteiger partial charge is 0.394 e. The molecule has 8 heteroatoms. The van der Waals surface area contributed by atoms with Gasteiger partial charge in [0, 0.05) is 6.92 Å². The standard InChI is InChI=1S/C20H16F2N2O4/c1-12-9-14(13-3-5-15(6-4-13)27-20(2,21)22)10-16-18(12)28-24-19(16)26-11-17-23-7-8-25-17/h3-10H,11H2,1-2H3. The first-order valence-corrected chi connectivity index (χ1v) is 8.47. The largest absolute Gasteiger partial charge is 0.465 e. The minimum Gasteiger partial charge on any atom is -0.465 e. The van der Waals surface area contributed by atoms with Gasteiger partial charge in [0.05, 0.1) is 11.6 Å². The second kappa shape index (κ2) is 6.95. The molecule has 2 heterocycles. The number of ether oxygens (including phenoxy) is 2. The minimum absolute atomic E-state index is 0.0917. The third kappa shape index (κ3) is 3.80. The quantitative estimate of drug-likeness (QED) is 0.444. The Labute approximate surface area is 158 Å². The van der Waals surface area contributed by atoms with Crippen LogP contribution in [-0.2, 0) is 6.61 Å². The number of rotatable bonds is 6. The number of aromatic nitrogens is 2. The second-order valence-electron chi connectivity index (χ2n) is 6.31. The van der Waals surface area contributed by atoms with Crippen molar-refractivity contribution in [2.45, 2.75) is 26.6 Å². The molecule has 0 N–H and O–H groups in total. The van der Waals surface area contributed by atoms with Crippen LogP contribution in [0.3, 0.4) is 0 Å². The van der Waals surface area contributed by atoms with E-state index >= 15 is 0 Å². The van der Waals surface area contributed by atoms with Crippen LogP contribution >= 0.6 is 0 Å². The summed E-state index contributed by atoms with van der Waals surface area (Å²) in [7, 11) is 0. The fourth-order valence-corrected chi connectivity index (χ4v) is 2.84. The maximum absolute atomic E-state index is 13.0. The average Bonchev–Trinajstić information content (AvgIpc) is 3.29. The van der Waals surface area contributed by atoms with E-state index in [1.165, 1.54) is 24.6 Å². The molecule has 0 amide bonds. The normalized spacial score (nSPS) is 11.7. The molecule has 0 unspecified atom stereocenters. The summed E-state index contributed by atoms with van der Waals surface area (Å²) in [5.74, 6) is 0.838. The summed E-state index contributed by atoms with van der Waals surface area (Å²) >= 11 is 0. The third-order valence-electron chi connectivity index (χ3n) is 4.03. The summed E-state index contributed by atoms with van der Waals surface area (Å²) in [6.07, 6.45) is -0.234. The molecule has 0 saturated heterocycles. The number of hydrogen-bond donors (Lipinski definition) is 0. The van der Waals surface area contributed by atoms with Crippen molar-refractivity contribution in [1.82, 2.24) is 10.1 Å². The van der Waals surface area contributed by atoms with E-state index in [1.54, 1.807) is 12.1 Å². The first-order chi connectivity index (χ1) is 13.4. The summed E-state index contributed by atoms with van der Waals surface area (Å²) in [6, 6.07) is 10.2. The number of nitrogens with zero attached hydrogens (tertiary/aromatic N) is 2. The Kier molecular flexibility index (Phi) is 4.46. The second-order valence-corrected chi connectivity index (χ2v) is 6.31. The summed E-state index contributed by atoms with van der Waals surface area (Å²) in [5.41, 5.74) is 3.17. The predicted octanol–water partition coefficient (Wildman–Crippen LogP) is 5.36. The highest BCUT2D eigenvalue weighted by atomic mass is 19.3. The number of oxazole rings is 1. The van der Waals surface area contributed by atoms with Gasteiger partial charge in [-0.3, -0.25) is 0 Å². The van der Waals surface area contributed by atoms with Gasteiger partial charge in [0.2, 0.25) is 5.89 Å². The summed E-state index contributed by atoms with van der Waals surface area (Å²) in [6.45, 7) is 2.71. The molecule has 0 saturated carbocycles. The molecule has 0 aliphatic rings. The molecule has 4 rings (SSSR count). The van der Waals surface area contributed by atoms with Gasteiger partial charge in [-0.1, -0.05) is 12.1 Å². The Morgan fingerprint density at radius 3 is 2.57 bits per heavy atom. The van der Waals surface area contributed by atoms with Crippen LogP contribution in [0, 0.1) is 6.92 Å². The van der Waals surface area contributed by atoms with E-state index < -0.39 is 6.11 Å². The fraction of sp³-hybridized carbons (Fsp3) is 0.200. The lowest BCUT2D eigenvalue weighted by Gasteiger charge is -2.13. The topological polar surface area (TPSA) is 70.5 Å². The van der Waals surface area contributed by atoms with E-state index in [0.29, 0.717) is 29.7 Å². The molecule has 0 spiro atoms. The van der Waals surface area contributed by atoms with Crippen LogP contribution in [0.4, 0.5) is 8.78 Å². The van der Waals surface area contributed by atoms with Gasteiger partial charge in [0.1, 0.15) is 12.0 Å². The van der Waals surface area contributed by atoms with E-state index in [0.717, 1.165) is 16.7 Å². The van der Waals surface area contributed by atoms with Gasteiger partial charge in [-0.05, 0) is 53.0 Å². The van der Waals surface area contributed by atoms with Gasteiger partial charge in [-0.25, -0.2) is 4.98 Å². The molecule has 144 valence electrons. The molecule has 0 aliphatic heterocycles. The summed E-state index contributed by atoms with van der Waals surface area (Å²) in [5, 5.41) is 4.67. The van der Waals surface area contributed by atoms with Crippen LogP contribution in [-0.4, -0.2) is 16.2 Å². The zero-order chi connectivity index (χ0) is 19.7. The molecule has 0 radical (unpaired) electrons. The van der Waals surface area contributed by atoms with E-state index in [2.05, 4.69) is 14.9 Å². The number of hydrogen-bond acceptors (Lipinski definition) is 6. The van der Waals surface area contributed by atoms with Crippen LogP contribution < -0.4 is 9.47 Å². The number of fused-ring (bicyclic) bond motifs is 1. The summed E-state index contributed by atoms with van der Waals surface area (Å²) < 4.78 is 46.7. The molecule has 4 aromatic rings. The van der Waals surface area contributed by atoms with Gasteiger partial charge in [0.15, 0.2) is 12.2 Å². The highest BCUT2D eigenvalue weighted by Gasteiger charge is 2.23. The minimum atomic E-state index is -3.23. The van der Waals surface area contributed by atoms with Crippen molar-refractivity contribution in [1.29, 1.82) is 0 Å². The maximum atomic E-state index is 13.0. The number of halogens is 2. The monoisotopic (exact) mass is 386 g/mol. The van der Waals surface area contributed by atoms with Crippen molar-refractivity contribution in [2.24, 2.45) is 0 Å². The molecule has 2 aromatic heterocycles. The molecule has 0 atom stereocenters. The Bertz CT molecular complexity index is 1080. The van der Waals surface area contributed by atoms with Crippen LogP contribution in [0.2, 0.25) is 0 Å². The predicted molar refractivity (Wildman–Crippen MR) is 96.3 cm³/mol. The molecule has 0 bridgehead atoms. The average molecular weight is 386 g/mol. The summed E-state index contributed by atoms with van der Waals surface area (Å²) in [4.78, 5) is 4.00. The SMILES string of the molecule is Cc1cc(-c2ccc(OC(C)(F)F)cc2)cc2c(OCc3ncco3)noc12. The number of benzene rings is 2. The molecular formula is C20H16F2N2O4. The Hall–Kier alpha value is -3.42. The van der Waals surface area contributed by atoms with Gasteiger partial charge in [-0.15, -0.1) is 0 Å². The van der Waals surface area contributed by atoms with Crippen LogP contribution in [0.25, 0.3) is 22.1 Å². The van der Waals surface area contributed by atoms with Crippen molar-refractivity contribution >= 4 is 11.0 Å². The van der Waals surface area contributed by atoms with Crippen molar-refractivity contribution in [2.75, 3.05) is 0 Å². The lowest BCUT2D eigenvalue weighted by Crippen LogP contribution is -2.18. The Morgan fingerprint density at radius 1 is 1.11 bits per heavy atom. The molecule has 0 fully saturated rings. The molecule has 28 heavy (non-hydrogen) atoms. The van der Waals surface area contributed by atoms with E-state index in [1.807, 2.05) is 19.1 Å². The first-order valence-electron chi connectivity index (χ1n) is 8.47. The van der Waals surface area contributed by atoms with E-state index in [-0.39, 0.29) is 12.4 Å². The Balaban J connectivity index is 1.63. The lowest BCUT2D eigenvalue weighted by molar-refractivity contribution is -0.158. The zero-order valence-electron chi connectivity index (χ0n) is 15.1. The van der Waals surface area contributed by atoms with Crippen molar-refractivity contribution in [3.63, 3.8) is 0 Å². The Morgan fingerprint density at radius 2 is 1.89 bits per heavy atom. The van der Waals surface area contributed by atoms with Crippen LogP contribution in [0.15, 0.2) is 57.8 Å². The van der Waals surface area contributed by atoms with Crippen LogP contribution in [0.5, 0.6) is 11.6 Å². The highest BCUT2D eigenvalue weighted by Crippen LogP contribution is 2.34. The first kappa shape index (κ1) is 18.0. The molecule has 6 nitrogen and oxygen atoms in total. The maximum Gasteiger partial charge on any atom is 0.394 e. The van der Waals surface area contributed by atoms with E-state index in [4.69, 9.17) is 13.7 Å². The molecular weight excluding hydrogens is 370 g/mol. The van der Waals surface area contributed by atoms with Crippen LogP contribution in [0.1, 0.15) is 18.4 Å². The third-order valence-corrected chi connectivity index (χ3v) is 4.03. The lowest BCUT2D eigenvalue weighted by atomic mass is 10.0. The number of aryl methyl sites for hydroxylation is 1. The van der Waals surface area contributed by atoms with Crippen molar-refractivity contribution < 1.29 is 27.2 Å². The molecule has 0 aliphatic carbocycles.